The number of rotatable bonds is 8. The highest BCUT2D eigenvalue weighted by molar-refractivity contribution is 7.18. The van der Waals surface area contributed by atoms with Crippen molar-refractivity contribution in [1.29, 1.82) is 0 Å². The third kappa shape index (κ3) is 5.86. The molecule has 2 aromatic heterocycles. The molecule has 0 aliphatic carbocycles. The number of aryl methyl sites for hydroxylation is 1. The Bertz CT molecular complexity index is 1790. The molecule has 2 heterocycles. The molecule has 5 aromatic rings. The van der Waals surface area contributed by atoms with Crippen molar-refractivity contribution in [3.8, 4) is 17.0 Å². The first-order valence-electron chi connectivity index (χ1n) is 13.1. The standard InChI is InChI=1S/C32H29Cl2N3O4S/c1-18-36-29-25(41-4)13-19(14-26(29)42-18)30(38)35-17-32(40,20-9-6-5-7-10-20)27-16-21(31(2,3)39)15-24(37-27)22-11-8-12-23(33)28(22)34/h5-16,39-40H,17H2,1-4H3,(H,35,38)/t32-/m1/s1. The number of thiazole rings is 1. The van der Waals surface area contributed by atoms with Gasteiger partial charge in [-0.05, 0) is 62.2 Å². The summed E-state index contributed by atoms with van der Waals surface area (Å²) in [5, 5.41) is 27.7. The van der Waals surface area contributed by atoms with Gasteiger partial charge in [-0.2, -0.15) is 0 Å². The van der Waals surface area contributed by atoms with Crippen LogP contribution < -0.4 is 10.1 Å². The summed E-state index contributed by atoms with van der Waals surface area (Å²) in [6, 6.07) is 20.9. The molecule has 0 bridgehead atoms. The smallest absolute Gasteiger partial charge is 0.251 e. The molecule has 1 amide bonds. The van der Waals surface area contributed by atoms with E-state index < -0.39 is 17.1 Å². The van der Waals surface area contributed by atoms with Gasteiger partial charge in [-0.15, -0.1) is 11.3 Å². The van der Waals surface area contributed by atoms with Crippen molar-refractivity contribution < 1.29 is 19.7 Å². The molecule has 0 radical (unpaired) electrons. The quantitative estimate of drug-likeness (QED) is 0.174. The monoisotopic (exact) mass is 621 g/mol. The normalized spacial score (nSPS) is 13.1. The van der Waals surface area contributed by atoms with Crippen molar-refractivity contribution in [2.45, 2.75) is 32.0 Å². The molecule has 0 aliphatic heterocycles. The number of halogens is 2. The van der Waals surface area contributed by atoms with Gasteiger partial charge in [0.1, 0.15) is 16.9 Å². The molecule has 7 nitrogen and oxygen atoms in total. The zero-order chi connectivity index (χ0) is 30.2. The average molecular weight is 623 g/mol. The highest BCUT2D eigenvalue weighted by Gasteiger charge is 2.36. The van der Waals surface area contributed by atoms with Gasteiger partial charge in [0.2, 0.25) is 0 Å². The van der Waals surface area contributed by atoms with E-state index in [1.165, 1.54) is 18.4 Å². The van der Waals surface area contributed by atoms with Crippen LogP contribution in [-0.2, 0) is 11.2 Å². The Morgan fingerprint density at radius 1 is 0.976 bits per heavy atom. The number of nitrogens with zero attached hydrogens (tertiary/aromatic N) is 2. The van der Waals surface area contributed by atoms with Gasteiger partial charge in [0.25, 0.3) is 5.91 Å². The summed E-state index contributed by atoms with van der Waals surface area (Å²) in [6.45, 7) is 4.96. The Morgan fingerprint density at radius 3 is 2.40 bits per heavy atom. The second kappa shape index (κ2) is 11.6. The van der Waals surface area contributed by atoms with Crippen LogP contribution in [-0.4, -0.2) is 39.7 Å². The summed E-state index contributed by atoms with van der Waals surface area (Å²) in [4.78, 5) is 22.8. The number of carbonyl (C=O) groups is 1. The van der Waals surface area contributed by atoms with E-state index in [-0.39, 0.29) is 12.2 Å². The van der Waals surface area contributed by atoms with Gasteiger partial charge in [-0.1, -0.05) is 65.7 Å². The Labute approximate surface area is 257 Å². The van der Waals surface area contributed by atoms with E-state index in [1.54, 1.807) is 80.6 Å². The lowest BCUT2D eigenvalue weighted by Gasteiger charge is -2.31. The largest absolute Gasteiger partial charge is 0.494 e. The van der Waals surface area contributed by atoms with Crippen LogP contribution in [0.1, 0.15) is 46.0 Å². The third-order valence-corrected chi connectivity index (χ3v) is 8.72. The number of fused-ring (bicyclic) bond motifs is 1. The number of benzene rings is 3. The predicted octanol–water partition coefficient (Wildman–Crippen LogP) is 6.88. The SMILES string of the molecule is COc1cc(C(=O)NC[C@@](O)(c2ccccc2)c2cc(C(C)(C)O)cc(-c3cccc(Cl)c3Cl)n2)cc2sc(C)nc12. The Hall–Kier alpha value is -3.53. The Morgan fingerprint density at radius 2 is 1.71 bits per heavy atom. The highest BCUT2D eigenvalue weighted by Crippen LogP contribution is 2.38. The number of hydrogen-bond acceptors (Lipinski definition) is 7. The second-order valence-electron chi connectivity index (χ2n) is 10.5. The molecule has 0 saturated heterocycles. The topological polar surface area (TPSA) is 105 Å². The lowest BCUT2D eigenvalue weighted by atomic mass is 9.86. The molecule has 42 heavy (non-hydrogen) atoms. The number of methoxy groups -OCH3 is 1. The molecule has 1 atom stereocenters. The van der Waals surface area contributed by atoms with Gasteiger partial charge in [0.15, 0.2) is 0 Å². The van der Waals surface area contributed by atoms with Crippen LogP contribution in [0.15, 0.2) is 72.8 Å². The first-order chi connectivity index (χ1) is 19.9. The van der Waals surface area contributed by atoms with E-state index in [2.05, 4.69) is 10.3 Å². The van der Waals surface area contributed by atoms with Gasteiger partial charge in [-0.25, -0.2) is 9.97 Å². The molecule has 5 rings (SSSR count). The third-order valence-electron chi connectivity index (χ3n) is 6.99. The number of nitrogens with one attached hydrogen (secondary N) is 1. The predicted molar refractivity (Wildman–Crippen MR) is 168 cm³/mol. The Balaban J connectivity index is 1.60. The van der Waals surface area contributed by atoms with Crippen LogP contribution in [0.4, 0.5) is 0 Å². The minimum Gasteiger partial charge on any atom is -0.494 e. The van der Waals surface area contributed by atoms with Crippen LogP contribution in [0, 0.1) is 6.92 Å². The molecule has 0 unspecified atom stereocenters. The molecule has 216 valence electrons. The molecular weight excluding hydrogens is 593 g/mol. The minimum atomic E-state index is -1.78. The minimum absolute atomic E-state index is 0.214. The number of carbonyl (C=O) groups excluding carboxylic acids is 1. The summed E-state index contributed by atoms with van der Waals surface area (Å²) in [6.07, 6.45) is 0. The van der Waals surface area contributed by atoms with Crippen molar-refractivity contribution in [3.05, 3.63) is 110 Å². The summed E-state index contributed by atoms with van der Waals surface area (Å²) in [5.41, 5.74) is 0.149. The van der Waals surface area contributed by atoms with E-state index >= 15 is 0 Å². The lowest BCUT2D eigenvalue weighted by molar-refractivity contribution is 0.0639. The van der Waals surface area contributed by atoms with Gasteiger partial charge >= 0.3 is 0 Å². The fourth-order valence-electron chi connectivity index (χ4n) is 4.70. The van der Waals surface area contributed by atoms with E-state index in [0.717, 1.165) is 9.71 Å². The van der Waals surface area contributed by atoms with Gasteiger partial charge in [0.05, 0.1) is 50.4 Å². The number of pyridine rings is 1. The molecule has 10 heteroatoms. The summed E-state index contributed by atoms with van der Waals surface area (Å²) in [7, 11) is 1.53. The van der Waals surface area contributed by atoms with E-state index in [9.17, 15) is 15.0 Å². The van der Waals surface area contributed by atoms with Crippen LogP contribution >= 0.6 is 34.5 Å². The van der Waals surface area contributed by atoms with Crippen molar-refractivity contribution >= 4 is 50.7 Å². The molecule has 0 spiro atoms. The first kappa shape index (κ1) is 29.9. The zero-order valence-corrected chi connectivity index (χ0v) is 25.7. The van der Waals surface area contributed by atoms with Crippen molar-refractivity contribution in [2.24, 2.45) is 0 Å². The fourth-order valence-corrected chi connectivity index (χ4v) is 5.98. The van der Waals surface area contributed by atoms with Gasteiger partial charge in [0, 0.05) is 11.1 Å². The number of hydrogen-bond donors (Lipinski definition) is 3. The van der Waals surface area contributed by atoms with Crippen LogP contribution in [0.5, 0.6) is 5.75 Å². The maximum absolute atomic E-state index is 13.5. The van der Waals surface area contributed by atoms with Crippen LogP contribution in [0.3, 0.4) is 0 Å². The van der Waals surface area contributed by atoms with E-state index in [1.807, 2.05) is 13.0 Å². The van der Waals surface area contributed by atoms with Gasteiger partial charge in [-0.3, -0.25) is 4.79 Å². The van der Waals surface area contributed by atoms with Crippen molar-refractivity contribution in [1.82, 2.24) is 15.3 Å². The van der Waals surface area contributed by atoms with E-state index in [4.69, 9.17) is 32.9 Å². The number of amides is 1. The van der Waals surface area contributed by atoms with Crippen LogP contribution in [0.2, 0.25) is 10.0 Å². The summed E-state index contributed by atoms with van der Waals surface area (Å²) >= 11 is 14.3. The van der Waals surface area contributed by atoms with Gasteiger partial charge < -0.3 is 20.3 Å². The molecule has 0 saturated carbocycles. The molecule has 3 aromatic carbocycles. The fraction of sp³-hybridized carbons (Fsp3) is 0.219. The zero-order valence-electron chi connectivity index (χ0n) is 23.4. The highest BCUT2D eigenvalue weighted by atomic mass is 35.5. The molecule has 3 N–H and O–H groups in total. The number of ether oxygens (including phenoxy) is 1. The molecule has 0 aliphatic rings. The maximum atomic E-state index is 13.5. The number of aromatic nitrogens is 2. The second-order valence-corrected chi connectivity index (χ2v) is 12.5. The van der Waals surface area contributed by atoms with E-state index in [0.29, 0.717) is 49.3 Å². The van der Waals surface area contributed by atoms with Crippen molar-refractivity contribution in [3.63, 3.8) is 0 Å². The lowest BCUT2D eigenvalue weighted by Crippen LogP contribution is -2.42. The molecule has 0 fully saturated rings. The Kier molecular flexibility index (Phi) is 8.29. The first-order valence-corrected chi connectivity index (χ1v) is 14.7. The summed E-state index contributed by atoms with van der Waals surface area (Å²) in [5.74, 6) is 0.0790. The van der Waals surface area contributed by atoms with Crippen LogP contribution in [0.25, 0.3) is 21.5 Å². The maximum Gasteiger partial charge on any atom is 0.251 e. The average Bonchev–Trinajstić information content (AvgIpc) is 3.36. The summed E-state index contributed by atoms with van der Waals surface area (Å²) < 4.78 is 6.31. The molecular formula is C32H29Cl2N3O4S. The van der Waals surface area contributed by atoms with Crippen molar-refractivity contribution in [2.75, 3.05) is 13.7 Å². The number of aliphatic hydroxyl groups is 2.